The molecule has 2 atom stereocenters. The maximum absolute atomic E-state index is 11.0. The van der Waals surface area contributed by atoms with E-state index in [0.717, 1.165) is 27.8 Å². The highest BCUT2D eigenvalue weighted by Crippen LogP contribution is 2.30. The summed E-state index contributed by atoms with van der Waals surface area (Å²) in [5, 5.41) is 18.3. The van der Waals surface area contributed by atoms with Gasteiger partial charge in [0.25, 0.3) is 0 Å². The Morgan fingerprint density at radius 1 is 1.22 bits per heavy atom. The van der Waals surface area contributed by atoms with E-state index in [0.29, 0.717) is 13.0 Å². The molecular formula is C27H27NO4. The van der Waals surface area contributed by atoms with Crippen LogP contribution in [-0.4, -0.2) is 23.8 Å². The van der Waals surface area contributed by atoms with Crippen LogP contribution in [0.25, 0.3) is 5.57 Å². The largest absolute Gasteiger partial charge is 0.504 e. The van der Waals surface area contributed by atoms with E-state index in [4.69, 9.17) is 14.6 Å². The lowest BCUT2D eigenvalue weighted by atomic mass is 9.87. The van der Waals surface area contributed by atoms with Gasteiger partial charge in [-0.3, -0.25) is 4.79 Å². The van der Waals surface area contributed by atoms with Crippen LogP contribution < -0.4 is 0 Å². The number of carbonyl (C=O) groups is 1. The molecule has 164 valence electrons. The molecule has 2 aromatic carbocycles. The highest BCUT2D eigenvalue weighted by Gasteiger charge is 2.26. The van der Waals surface area contributed by atoms with Crippen LogP contribution in [0.3, 0.4) is 0 Å². The molecule has 0 saturated carbocycles. The number of benzene rings is 2. The Kier molecular flexibility index (Phi) is 7.64. The Morgan fingerprint density at radius 3 is 2.59 bits per heavy atom. The Bertz CT molecular complexity index is 1080. The zero-order chi connectivity index (χ0) is 23.0. The van der Waals surface area contributed by atoms with Gasteiger partial charge in [0.1, 0.15) is 0 Å². The number of aliphatic carboxylic acids is 1. The van der Waals surface area contributed by atoms with Gasteiger partial charge >= 0.3 is 5.97 Å². The zero-order valence-electron chi connectivity index (χ0n) is 18.3. The number of ether oxygens (including phenoxy) is 2. The number of carboxylic acids is 1. The van der Waals surface area contributed by atoms with Crippen molar-refractivity contribution in [2.24, 2.45) is 5.92 Å². The molecule has 2 aromatic rings. The van der Waals surface area contributed by atoms with Gasteiger partial charge in [-0.1, -0.05) is 66.8 Å². The molecule has 5 heteroatoms. The van der Waals surface area contributed by atoms with Crippen LogP contribution in [0.5, 0.6) is 0 Å². The SMILES string of the molecule is CO/C=C(/c1ccccc1)c1cccc(COC2(C)C=CC(C(C#N)CC(=O)O)=CC2)c1. The first-order chi connectivity index (χ1) is 15.4. The van der Waals surface area contributed by atoms with Crippen LogP contribution in [0.1, 0.15) is 36.5 Å². The average molecular weight is 430 g/mol. The van der Waals surface area contributed by atoms with Gasteiger partial charge in [-0.25, -0.2) is 0 Å². The second-order valence-corrected chi connectivity index (χ2v) is 7.96. The van der Waals surface area contributed by atoms with Gasteiger partial charge in [0.2, 0.25) is 0 Å². The molecule has 1 aliphatic carbocycles. The second kappa shape index (κ2) is 10.6. The fourth-order valence-corrected chi connectivity index (χ4v) is 3.62. The first kappa shape index (κ1) is 23.1. The molecule has 0 spiro atoms. The molecule has 0 aromatic heterocycles. The molecule has 1 N–H and O–H groups in total. The molecule has 3 rings (SSSR count). The Morgan fingerprint density at radius 2 is 1.97 bits per heavy atom. The van der Waals surface area contributed by atoms with Gasteiger partial charge < -0.3 is 14.6 Å². The molecule has 0 bridgehead atoms. The third kappa shape index (κ3) is 5.96. The number of hydrogen-bond donors (Lipinski definition) is 1. The summed E-state index contributed by atoms with van der Waals surface area (Å²) in [5.41, 5.74) is 4.35. The summed E-state index contributed by atoms with van der Waals surface area (Å²) in [5.74, 6) is -1.62. The minimum Gasteiger partial charge on any atom is -0.504 e. The Balaban J connectivity index is 1.69. The fourth-order valence-electron chi connectivity index (χ4n) is 3.62. The lowest BCUT2D eigenvalue weighted by Crippen LogP contribution is -2.27. The number of nitrogens with zero attached hydrogens (tertiary/aromatic N) is 1. The predicted molar refractivity (Wildman–Crippen MR) is 123 cm³/mol. The van der Waals surface area contributed by atoms with E-state index in [-0.39, 0.29) is 6.42 Å². The highest BCUT2D eigenvalue weighted by molar-refractivity contribution is 5.79. The van der Waals surface area contributed by atoms with E-state index in [1.165, 1.54) is 0 Å². The molecule has 0 amide bonds. The van der Waals surface area contributed by atoms with E-state index in [1.54, 1.807) is 13.4 Å². The molecule has 0 saturated heterocycles. The third-order valence-corrected chi connectivity index (χ3v) is 5.44. The van der Waals surface area contributed by atoms with Crippen LogP contribution in [0.4, 0.5) is 0 Å². The third-order valence-electron chi connectivity index (χ3n) is 5.44. The summed E-state index contributed by atoms with van der Waals surface area (Å²) in [4.78, 5) is 11.0. The molecule has 0 heterocycles. The van der Waals surface area contributed by atoms with E-state index in [9.17, 15) is 10.1 Å². The van der Waals surface area contributed by atoms with Crippen molar-refractivity contribution in [2.45, 2.75) is 32.0 Å². The summed E-state index contributed by atoms with van der Waals surface area (Å²) in [6, 6.07) is 20.3. The van der Waals surface area contributed by atoms with E-state index in [2.05, 4.69) is 12.1 Å². The summed E-state index contributed by atoms with van der Waals surface area (Å²) >= 11 is 0. The van der Waals surface area contributed by atoms with E-state index in [1.807, 2.05) is 73.7 Å². The topological polar surface area (TPSA) is 79.5 Å². The zero-order valence-corrected chi connectivity index (χ0v) is 18.3. The van der Waals surface area contributed by atoms with Gasteiger partial charge in [0, 0.05) is 5.57 Å². The minimum absolute atomic E-state index is 0.199. The quantitative estimate of drug-likeness (QED) is 0.533. The van der Waals surface area contributed by atoms with Gasteiger partial charge in [-0.2, -0.15) is 5.26 Å². The number of allylic oxidation sites excluding steroid dienone is 2. The lowest BCUT2D eigenvalue weighted by molar-refractivity contribution is -0.137. The van der Waals surface area contributed by atoms with Crippen LogP contribution in [0.15, 0.2) is 84.7 Å². The normalized spacial score (nSPS) is 19.0. The van der Waals surface area contributed by atoms with Crippen molar-refractivity contribution in [1.29, 1.82) is 5.26 Å². The van der Waals surface area contributed by atoms with E-state index < -0.39 is 17.5 Å². The molecule has 0 radical (unpaired) electrons. The molecule has 0 fully saturated rings. The van der Waals surface area contributed by atoms with Crippen molar-refractivity contribution in [3.63, 3.8) is 0 Å². The van der Waals surface area contributed by atoms with Crippen molar-refractivity contribution in [3.05, 3.63) is 101 Å². The number of hydrogen-bond acceptors (Lipinski definition) is 4. The average Bonchev–Trinajstić information content (AvgIpc) is 2.81. The van der Waals surface area contributed by atoms with Crippen LogP contribution >= 0.6 is 0 Å². The number of methoxy groups -OCH3 is 1. The first-order valence-corrected chi connectivity index (χ1v) is 10.5. The smallest absolute Gasteiger partial charge is 0.305 e. The summed E-state index contributed by atoms with van der Waals surface area (Å²) in [7, 11) is 1.64. The van der Waals surface area contributed by atoms with Gasteiger partial charge in [-0.15, -0.1) is 0 Å². The van der Waals surface area contributed by atoms with Crippen molar-refractivity contribution in [2.75, 3.05) is 7.11 Å². The summed E-state index contributed by atoms with van der Waals surface area (Å²) in [6.07, 6.45) is 7.76. The first-order valence-electron chi connectivity index (χ1n) is 10.5. The maximum atomic E-state index is 11.0. The van der Waals surface area contributed by atoms with Gasteiger partial charge in [0.05, 0.1) is 44.0 Å². The predicted octanol–water partition coefficient (Wildman–Crippen LogP) is 5.50. The van der Waals surface area contributed by atoms with Crippen LogP contribution in [-0.2, 0) is 20.9 Å². The van der Waals surface area contributed by atoms with Crippen molar-refractivity contribution in [3.8, 4) is 6.07 Å². The molecule has 0 aliphatic heterocycles. The Labute approximate surface area is 188 Å². The van der Waals surface area contributed by atoms with Crippen molar-refractivity contribution >= 4 is 11.5 Å². The van der Waals surface area contributed by atoms with Crippen LogP contribution in [0.2, 0.25) is 0 Å². The number of nitriles is 1. The highest BCUT2D eigenvalue weighted by atomic mass is 16.5. The summed E-state index contributed by atoms with van der Waals surface area (Å²) in [6.45, 7) is 2.41. The second-order valence-electron chi connectivity index (χ2n) is 7.96. The van der Waals surface area contributed by atoms with E-state index >= 15 is 0 Å². The molecule has 1 aliphatic rings. The fraction of sp³-hybridized carbons (Fsp3) is 0.259. The van der Waals surface area contributed by atoms with Crippen molar-refractivity contribution < 1.29 is 19.4 Å². The minimum atomic E-state index is -0.979. The number of rotatable bonds is 9. The molecule has 5 nitrogen and oxygen atoms in total. The van der Waals surface area contributed by atoms with Gasteiger partial charge in [0.15, 0.2) is 0 Å². The molecule has 32 heavy (non-hydrogen) atoms. The summed E-state index contributed by atoms with van der Waals surface area (Å²) < 4.78 is 11.5. The monoisotopic (exact) mass is 429 g/mol. The standard InChI is InChI=1S/C27H27NO4/c1-27(13-11-21(12-14-27)24(17-28)16-26(29)30)32-18-20-7-6-10-23(15-20)25(19-31-2)22-8-4-3-5-9-22/h3-13,15,19,24H,14,16,18H2,1-2H3,(H,29,30)/b25-19-. The maximum Gasteiger partial charge on any atom is 0.305 e. The molecular weight excluding hydrogens is 402 g/mol. The van der Waals surface area contributed by atoms with Crippen LogP contribution in [0, 0.1) is 17.2 Å². The lowest BCUT2D eigenvalue weighted by Gasteiger charge is -2.29. The van der Waals surface area contributed by atoms with Crippen molar-refractivity contribution in [1.82, 2.24) is 0 Å². The number of carboxylic acid groups (broad SMARTS) is 1. The molecule has 2 unspecified atom stereocenters. The Hall–Kier alpha value is -3.62. The van der Waals surface area contributed by atoms with Gasteiger partial charge in [-0.05, 0) is 41.7 Å².